The molecule has 0 unspecified atom stereocenters. The molecular weight excluding hydrogens is 210 g/mol. The van der Waals surface area contributed by atoms with Gasteiger partial charge in [0.15, 0.2) is 0 Å². The molecule has 0 aromatic heterocycles. The molecule has 2 nitrogen and oxygen atoms in total. The zero-order chi connectivity index (χ0) is 10.7. The number of nitrogens with one attached hydrogen (secondary N) is 1. The smallest absolute Gasteiger partial charge is 0.142 e. The molecule has 0 bridgehead atoms. The van der Waals surface area contributed by atoms with E-state index in [9.17, 15) is 0 Å². The van der Waals surface area contributed by atoms with Gasteiger partial charge in [-0.15, -0.1) is 0 Å². The summed E-state index contributed by atoms with van der Waals surface area (Å²) >= 11 is 5.96. The van der Waals surface area contributed by atoms with E-state index >= 15 is 0 Å². The standard InChI is InChI=1S/C12H16ClNO/c1-2-7-15-12-6-3-9(13)8-11(12)14-10-4-5-10/h3,6,8,10,14H,2,4-5,7H2,1H3. The van der Waals surface area contributed by atoms with E-state index in [-0.39, 0.29) is 0 Å². The van der Waals surface area contributed by atoms with Gasteiger partial charge in [0.25, 0.3) is 0 Å². The zero-order valence-electron chi connectivity index (χ0n) is 8.92. The molecule has 0 heterocycles. The summed E-state index contributed by atoms with van der Waals surface area (Å²) in [5.41, 5.74) is 1.03. The quantitative estimate of drug-likeness (QED) is 0.825. The van der Waals surface area contributed by atoms with Crippen LogP contribution in [0.15, 0.2) is 18.2 Å². The highest BCUT2D eigenvalue weighted by Crippen LogP contribution is 2.33. The first-order valence-corrected chi connectivity index (χ1v) is 5.86. The Balaban J connectivity index is 2.10. The van der Waals surface area contributed by atoms with E-state index in [0.29, 0.717) is 6.04 Å². The summed E-state index contributed by atoms with van der Waals surface area (Å²) in [4.78, 5) is 0. The second-order valence-corrected chi connectivity index (χ2v) is 4.34. The van der Waals surface area contributed by atoms with E-state index in [1.54, 1.807) is 0 Å². The summed E-state index contributed by atoms with van der Waals surface area (Å²) in [6.45, 7) is 2.85. The summed E-state index contributed by atoms with van der Waals surface area (Å²) in [6.07, 6.45) is 3.52. The number of hydrogen-bond acceptors (Lipinski definition) is 2. The summed E-state index contributed by atoms with van der Waals surface area (Å²) in [5, 5.41) is 4.18. The monoisotopic (exact) mass is 225 g/mol. The third-order valence-corrected chi connectivity index (χ3v) is 2.58. The fourth-order valence-corrected chi connectivity index (χ4v) is 1.57. The Labute approximate surface area is 95.6 Å². The van der Waals surface area contributed by atoms with Crippen molar-refractivity contribution >= 4 is 17.3 Å². The molecule has 15 heavy (non-hydrogen) atoms. The number of rotatable bonds is 5. The van der Waals surface area contributed by atoms with Crippen LogP contribution in [-0.4, -0.2) is 12.6 Å². The van der Waals surface area contributed by atoms with Gasteiger partial charge in [-0.05, 0) is 37.5 Å². The number of halogens is 1. The van der Waals surface area contributed by atoms with Crippen LogP contribution in [0, 0.1) is 0 Å². The summed E-state index contributed by atoms with van der Waals surface area (Å²) < 4.78 is 5.65. The fourth-order valence-electron chi connectivity index (χ4n) is 1.40. The molecule has 0 spiro atoms. The number of anilines is 1. The molecule has 1 aromatic carbocycles. The number of benzene rings is 1. The lowest BCUT2D eigenvalue weighted by molar-refractivity contribution is 0.319. The predicted octanol–water partition coefficient (Wildman–Crippen LogP) is 3.70. The van der Waals surface area contributed by atoms with Crippen molar-refractivity contribution in [2.75, 3.05) is 11.9 Å². The van der Waals surface area contributed by atoms with Crippen LogP contribution in [0.2, 0.25) is 5.02 Å². The topological polar surface area (TPSA) is 21.3 Å². The molecule has 3 heteroatoms. The maximum atomic E-state index is 5.96. The Hall–Kier alpha value is -0.890. The van der Waals surface area contributed by atoms with Crippen molar-refractivity contribution < 1.29 is 4.74 Å². The largest absolute Gasteiger partial charge is 0.491 e. The van der Waals surface area contributed by atoms with Crippen molar-refractivity contribution in [2.45, 2.75) is 32.2 Å². The van der Waals surface area contributed by atoms with Gasteiger partial charge in [0, 0.05) is 11.1 Å². The van der Waals surface area contributed by atoms with Crippen molar-refractivity contribution in [1.82, 2.24) is 0 Å². The minimum Gasteiger partial charge on any atom is -0.491 e. The Morgan fingerprint density at radius 2 is 2.27 bits per heavy atom. The van der Waals surface area contributed by atoms with Crippen LogP contribution in [-0.2, 0) is 0 Å². The zero-order valence-corrected chi connectivity index (χ0v) is 9.68. The average molecular weight is 226 g/mol. The lowest BCUT2D eigenvalue weighted by Gasteiger charge is -2.12. The number of hydrogen-bond donors (Lipinski definition) is 1. The third-order valence-electron chi connectivity index (χ3n) is 2.34. The minimum atomic E-state index is 0.618. The Bertz CT molecular complexity index is 336. The highest BCUT2D eigenvalue weighted by molar-refractivity contribution is 6.30. The van der Waals surface area contributed by atoms with Crippen molar-refractivity contribution in [3.63, 3.8) is 0 Å². The van der Waals surface area contributed by atoms with E-state index in [2.05, 4.69) is 12.2 Å². The molecule has 0 atom stereocenters. The Kier molecular flexibility index (Phi) is 3.37. The Morgan fingerprint density at radius 1 is 1.47 bits per heavy atom. The Morgan fingerprint density at radius 3 is 2.93 bits per heavy atom. The second-order valence-electron chi connectivity index (χ2n) is 3.91. The molecule has 0 radical (unpaired) electrons. The van der Waals surface area contributed by atoms with Crippen molar-refractivity contribution in [3.05, 3.63) is 23.2 Å². The van der Waals surface area contributed by atoms with Crippen LogP contribution in [0.25, 0.3) is 0 Å². The van der Waals surface area contributed by atoms with Crippen LogP contribution in [0.1, 0.15) is 26.2 Å². The van der Waals surface area contributed by atoms with Gasteiger partial charge in [-0.1, -0.05) is 18.5 Å². The molecule has 2 rings (SSSR count). The molecule has 0 amide bonds. The first-order chi connectivity index (χ1) is 7.29. The van der Waals surface area contributed by atoms with E-state index in [4.69, 9.17) is 16.3 Å². The van der Waals surface area contributed by atoms with Gasteiger partial charge in [-0.3, -0.25) is 0 Å². The fraction of sp³-hybridized carbons (Fsp3) is 0.500. The minimum absolute atomic E-state index is 0.618. The van der Waals surface area contributed by atoms with E-state index in [1.165, 1.54) is 12.8 Å². The van der Waals surface area contributed by atoms with Gasteiger partial charge in [-0.25, -0.2) is 0 Å². The molecule has 1 fully saturated rings. The van der Waals surface area contributed by atoms with Crippen LogP contribution < -0.4 is 10.1 Å². The van der Waals surface area contributed by atoms with Gasteiger partial charge in [0.2, 0.25) is 0 Å². The van der Waals surface area contributed by atoms with Crippen molar-refractivity contribution in [3.8, 4) is 5.75 Å². The van der Waals surface area contributed by atoms with Crippen LogP contribution in [0.3, 0.4) is 0 Å². The number of ether oxygens (including phenoxy) is 1. The maximum absolute atomic E-state index is 5.96. The van der Waals surface area contributed by atoms with Crippen LogP contribution >= 0.6 is 11.6 Å². The molecule has 1 aromatic rings. The third kappa shape index (κ3) is 3.03. The highest BCUT2D eigenvalue weighted by Gasteiger charge is 2.22. The van der Waals surface area contributed by atoms with Gasteiger partial charge >= 0.3 is 0 Å². The molecule has 1 aliphatic rings. The van der Waals surface area contributed by atoms with Gasteiger partial charge in [-0.2, -0.15) is 0 Å². The summed E-state index contributed by atoms with van der Waals surface area (Å²) in [5.74, 6) is 0.910. The molecular formula is C12H16ClNO. The normalized spacial score (nSPS) is 15.1. The van der Waals surface area contributed by atoms with E-state index in [0.717, 1.165) is 29.5 Å². The first kappa shape index (κ1) is 10.6. The van der Waals surface area contributed by atoms with Crippen LogP contribution in [0.4, 0.5) is 5.69 Å². The molecule has 1 aliphatic carbocycles. The van der Waals surface area contributed by atoms with Gasteiger partial charge in [0.1, 0.15) is 5.75 Å². The lowest BCUT2D eigenvalue weighted by Crippen LogP contribution is -2.04. The summed E-state index contributed by atoms with van der Waals surface area (Å²) in [6, 6.07) is 6.35. The van der Waals surface area contributed by atoms with E-state index in [1.807, 2.05) is 18.2 Å². The van der Waals surface area contributed by atoms with Crippen molar-refractivity contribution in [2.24, 2.45) is 0 Å². The average Bonchev–Trinajstić information content (AvgIpc) is 3.01. The van der Waals surface area contributed by atoms with E-state index < -0.39 is 0 Å². The molecule has 1 saturated carbocycles. The molecule has 82 valence electrons. The molecule has 1 N–H and O–H groups in total. The predicted molar refractivity (Wildman–Crippen MR) is 63.9 cm³/mol. The summed E-state index contributed by atoms with van der Waals surface area (Å²) in [7, 11) is 0. The highest BCUT2D eigenvalue weighted by atomic mass is 35.5. The molecule has 0 saturated heterocycles. The lowest BCUT2D eigenvalue weighted by atomic mass is 10.3. The molecule has 0 aliphatic heterocycles. The van der Waals surface area contributed by atoms with Crippen LogP contribution in [0.5, 0.6) is 5.75 Å². The maximum Gasteiger partial charge on any atom is 0.142 e. The van der Waals surface area contributed by atoms with Gasteiger partial charge < -0.3 is 10.1 Å². The van der Waals surface area contributed by atoms with Crippen molar-refractivity contribution in [1.29, 1.82) is 0 Å². The SMILES string of the molecule is CCCOc1ccc(Cl)cc1NC1CC1. The second kappa shape index (κ2) is 4.75. The van der Waals surface area contributed by atoms with Gasteiger partial charge in [0.05, 0.1) is 12.3 Å². The first-order valence-electron chi connectivity index (χ1n) is 5.48.